The van der Waals surface area contributed by atoms with E-state index in [4.69, 9.17) is 0 Å². The fourth-order valence-electron chi connectivity index (χ4n) is 3.09. The van der Waals surface area contributed by atoms with Crippen molar-refractivity contribution in [3.8, 4) is 0 Å². The van der Waals surface area contributed by atoms with Gasteiger partial charge in [-0.15, -0.1) is 0 Å². The summed E-state index contributed by atoms with van der Waals surface area (Å²) < 4.78 is 0.698. The molecule has 1 aliphatic heterocycles. The number of carbonyl (C=O) groups is 2. The number of rotatable bonds is 4. The Morgan fingerprint density at radius 3 is 2.50 bits per heavy atom. The van der Waals surface area contributed by atoms with E-state index in [9.17, 15) is 19.7 Å². The zero-order valence-corrected chi connectivity index (χ0v) is 16.8. The minimum atomic E-state index is -0.615. The fourth-order valence-corrected chi connectivity index (χ4v) is 3.44. The number of nitrogens with one attached hydrogen (secondary N) is 3. The van der Waals surface area contributed by atoms with Gasteiger partial charge in [-0.2, -0.15) is 0 Å². The average molecular weight is 450 g/mol. The summed E-state index contributed by atoms with van der Waals surface area (Å²) >= 11 is 3.23. The van der Waals surface area contributed by atoms with Crippen molar-refractivity contribution in [2.24, 2.45) is 5.92 Å². The van der Waals surface area contributed by atoms with E-state index in [0.29, 0.717) is 16.1 Å². The summed E-state index contributed by atoms with van der Waals surface area (Å²) in [6.07, 6.45) is 3.56. The normalized spacial score (nSPS) is 14.6. The zero-order chi connectivity index (χ0) is 20.3. The quantitative estimate of drug-likeness (QED) is 0.489. The molecular formula is C18H20BrN5O4. The number of hydrogen-bond acceptors (Lipinski definition) is 5. The molecule has 2 heterocycles. The van der Waals surface area contributed by atoms with Crippen LogP contribution in [0.25, 0.3) is 0 Å². The van der Waals surface area contributed by atoms with Crippen LogP contribution in [-0.2, 0) is 0 Å². The molecule has 0 spiro atoms. The second kappa shape index (κ2) is 8.42. The highest BCUT2D eigenvalue weighted by Gasteiger charge is 2.24. The topological polar surface area (TPSA) is 120 Å². The maximum Gasteiger partial charge on any atom is 0.286 e. The van der Waals surface area contributed by atoms with E-state index >= 15 is 0 Å². The van der Waals surface area contributed by atoms with Gasteiger partial charge in [-0.3, -0.25) is 30.6 Å². The van der Waals surface area contributed by atoms with E-state index in [-0.39, 0.29) is 16.9 Å². The van der Waals surface area contributed by atoms with Gasteiger partial charge >= 0.3 is 0 Å². The van der Waals surface area contributed by atoms with E-state index in [2.05, 4.69) is 38.7 Å². The molecule has 1 fully saturated rings. The van der Waals surface area contributed by atoms with E-state index in [1.54, 1.807) is 18.3 Å². The first-order chi connectivity index (χ1) is 13.3. The van der Waals surface area contributed by atoms with Crippen LogP contribution in [0.5, 0.6) is 0 Å². The Labute approximate surface area is 169 Å². The second-order valence-corrected chi connectivity index (χ2v) is 7.68. The summed E-state index contributed by atoms with van der Waals surface area (Å²) in [5, 5.41) is 11.1. The van der Waals surface area contributed by atoms with Crippen molar-refractivity contribution in [1.82, 2.24) is 15.8 Å². The van der Waals surface area contributed by atoms with Crippen LogP contribution >= 0.6 is 15.9 Å². The molecule has 2 amide bonds. The van der Waals surface area contributed by atoms with Crippen LogP contribution in [0.1, 0.15) is 40.6 Å². The van der Waals surface area contributed by atoms with Gasteiger partial charge < -0.3 is 9.88 Å². The first-order valence-corrected chi connectivity index (χ1v) is 9.62. The first-order valence-electron chi connectivity index (χ1n) is 8.83. The van der Waals surface area contributed by atoms with Crippen molar-refractivity contribution in [2.45, 2.75) is 19.8 Å². The number of piperidine rings is 1. The summed E-state index contributed by atoms with van der Waals surface area (Å²) in [5.74, 6) is -0.542. The van der Waals surface area contributed by atoms with Crippen molar-refractivity contribution >= 4 is 39.1 Å². The molecule has 0 aliphatic carbocycles. The van der Waals surface area contributed by atoms with Crippen molar-refractivity contribution in [3.63, 3.8) is 0 Å². The minimum Gasteiger partial charge on any atom is -0.371 e. The smallest absolute Gasteiger partial charge is 0.286 e. The number of H-pyrrole nitrogens is 1. The van der Waals surface area contributed by atoms with Gasteiger partial charge in [0.2, 0.25) is 0 Å². The molecule has 0 radical (unpaired) electrons. The van der Waals surface area contributed by atoms with E-state index < -0.39 is 16.7 Å². The lowest BCUT2D eigenvalue weighted by molar-refractivity contribution is -0.384. The van der Waals surface area contributed by atoms with Gasteiger partial charge in [0.15, 0.2) is 0 Å². The van der Waals surface area contributed by atoms with E-state index in [0.717, 1.165) is 25.9 Å². The molecule has 10 heteroatoms. The number of amides is 2. The number of nitro groups is 1. The first kappa shape index (κ1) is 19.9. The summed E-state index contributed by atoms with van der Waals surface area (Å²) in [7, 11) is 0. The molecule has 1 aliphatic rings. The highest BCUT2D eigenvalue weighted by molar-refractivity contribution is 9.10. The number of benzene rings is 1. The third-order valence-electron chi connectivity index (χ3n) is 4.74. The molecular weight excluding hydrogens is 430 g/mol. The monoisotopic (exact) mass is 449 g/mol. The lowest BCUT2D eigenvalue weighted by Gasteiger charge is -2.33. The predicted molar refractivity (Wildman–Crippen MR) is 107 cm³/mol. The van der Waals surface area contributed by atoms with Gasteiger partial charge in [-0.25, -0.2) is 0 Å². The summed E-state index contributed by atoms with van der Waals surface area (Å²) in [5.41, 5.74) is 5.50. The lowest BCUT2D eigenvalue weighted by atomic mass is 9.98. The summed E-state index contributed by atoms with van der Waals surface area (Å²) in [6, 6.07) is 5.78. The number of non-ortho nitro benzene ring substituents is 1. The Morgan fingerprint density at radius 2 is 1.89 bits per heavy atom. The molecule has 1 aromatic carbocycles. The van der Waals surface area contributed by atoms with Crippen molar-refractivity contribution in [3.05, 3.63) is 56.3 Å². The molecule has 3 rings (SSSR count). The molecule has 9 nitrogen and oxygen atoms in total. The molecule has 1 aromatic heterocycles. The van der Waals surface area contributed by atoms with E-state index in [1.807, 2.05) is 4.90 Å². The molecule has 28 heavy (non-hydrogen) atoms. The van der Waals surface area contributed by atoms with Gasteiger partial charge in [0.25, 0.3) is 17.5 Å². The highest BCUT2D eigenvalue weighted by Crippen LogP contribution is 2.29. The predicted octanol–water partition coefficient (Wildman–Crippen LogP) is 3.00. The number of carbonyl (C=O) groups excluding carboxylic acids is 2. The van der Waals surface area contributed by atoms with Gasteiger partial charge in [-0.1, -0.05) is 6.92 Å². The Kier molecular flexibility index (Phi) is 5.98. The SMILES string of the molecule is CC1CCN(c2ccc([N+](=O)[O-])cc2C(=O)NNC(=O)c2cc(Br)c[nH]2)CC1. The maximum absolute atomic E-state index is 12.7. The number of nitrogens with zero attached hydrogens (tertiary/aromatic N) is 2. The number of halogens is 1. The minimum absolute atomic E-state index is 0.150. The molecule has 0 unspecified atom stereocenters. The van der Waals surface area contributed by atoms with Gasteiger partial charge in [0.1, 0.15) is 5.69 Å². The zero-order valence-electron chi connectivity index (χ0n) is 15.2. The van der Waals surface area contributed by atoms with Crippen molar-refractivity contribution in [2.75, 3.05) is 18.0 Å². The summed E-state index contributed by atoms with van der Waals surface area (Å²) in [4.78, 5) is 40.2. The molecule has 0 saturated carbocycles. The lowest BCUT2D eigenvalue weighted by Crippen LogP contribution is -2.42. The third-order valence-corrected chi connectivity index (χ3v) is 5.20. The Morgan fingerprint density at radius 1 is 1.21 bits per heavy atom. The van der Waals surface area contributed by atoms with Crippen LogP contribution < -0.4 is 15.8 Å². The van der Waals surface area contributed by atoms with Gasteiger partial charge in [0, 0.05) is 35.9 Å². The summed E-state index contributed by atoms with van der Waals surface area (Å²) in [6.45, 7) is 3.71. The van der Waals surface area contributed by atoms with Crippen LogP contribution in [0, 0.1) is 16.0 Å². The molecule has 1 saturated heterocycles. The van der Waals surface area contributed by atoms with Crippen LogP contribution in [0.3, 0.4) is 0 Å². The van der Waals surface area contributed by atoms with E-state index in [1.165, 1.54) is 12.1 Å². The Bertz CT molecular complexity index is 905. The second-order valence-electron chi connectivity index (χ2n) is 6.77. The molecule has 0 bridgehead atoms. The number of aromatic amines is 1. The standard InChI is InChI=1S/C18H20BrN5O4/c1-11-4-6-23(7-5-11)16-3-2-13(24(27)28)9-14(16)17(25)21-22-18(26)15-8-12(19)10-20-15/h2-3,8-11,20H,4-7H2,1H3,(H,21,25)(H,22,26). The van der Waals surface area contributed by atoms with Gasteiger partial charge in [-0.05, 0) is 46.8 Å². The van der Waals surface area contributed by atoms with Crippen LogP contribution in [0.2, 0.25) is 0 Å². The Balaban J connectivity index is 1.79. The van der Waals surface area contributed by atoms with Crippen LogP contribution in [0.4, 0.5) is 11.4 Å². The third kappa shape index (κ3) is 4.50. The number of hydrazine groups is 1. The highest BCUT2D eigenvalue weighted by atomic mass is 79.9. The van der Waals surface area contributed by atoms with Crippen LogP contribution in [-0.4, -0.2) is 34.8 Å². The Hall–Kier alpha value is -2.88. The number of anilines is 1. The molecule has 2 aromatic rings. The number of hydrogen-bond donors (Lipinski definition) is 3. The number of aromatic nitrogens is 1. The largest absolute Gasteiger partial charge is 0.371 e. The van der Waals surface area contributed by atoms with Crippen molar-refractivity contribution in [1.29, 1.82) is 0 Å². The van der Waals surface area contributed by atoms with Crippen molar-refractivity contribution < 1.29 is 14.5 Å². The average Bonchev–Trinajstić information content (AvgIpc) is 3.12. The van der Waals surface area contributed by atoms with Gasteiger partial charge in [0.05, 0.1) is 16.2 Å². The fraction of sp³-hybridized carbons (Fsp3) is 0.333. The molecule has 0 atom stereocenters. The van der Waals surface area contributed by atoms with Crippen LogP contribution in [0.15, 0.2) is 34.9 Å². The molecule has 3 N–H and O–H groups in total. The number of nitro benzene ring substituents is 1. The molecule has 148 valence electrons. The maximum atomic E-state index is 12.7.